The topological polar surface area (TPSA) is 93.7 Å². The van der Waals surface area contributed by atoms with Gasteiger partial charge in [0.1, 0.15) is 22.8 Å². The fraction of sp³-hybridized carbons (Fsp3) is 0. The average Bonchev–Trinajstić information content (AvgIpc) is 2.38. The van der Waals surface area contributed by atoms with E-state index in [1.807, 2.05) is 0 Å². The van der Waals surface area contributed by atoms with Gasteiger partial charge in [-0.25, -0.2) is 0 Å². The van der Waals surface area contributed by atoms with Crippen molar-refractivity contribution in [2.24, 2.45) is 0 Å². The number of hydrogen-bond acceptors (Lipinski definition) is 5. The Morgan fingerprint density at radius 2 is 1.65 bits per heavy atom. The lowest BCUT2D eigenvalue weighted by atomic mass is 10.1. The molecule has 5 nitrogen and oxygen atoms in total. The predicted octanol–water partition coefficient (Wildman–Crippen LogP) is 1.94. The van der Waals surface area contributed by atoms with Crippen molar-refractivity contribution < 1.29 is 19.7 Å². The molecular formula is C15H9O5-. The zero-order chi connectivity index (χ0) is 14.3. The van der Waals surface area contributed by atoms with Crippen LogP contribution >= 0.6 is 0 Å². The molecule has 3 rings (SSSR count). The van der Waals surface area contributed by atoms with E-state index in [2.05, 4.69) is 0 Å². The predicted molar refractivity (Wildman–Crippen MR) is 70.7 cm³/mol. The fourth-order valence-electron chi connectivity index (χ4n) is 2.01. The van der Waals surface area contributed by atoms with Crippen LogP contribution in [0.25, 0.3) is 22.3 Å². The summed E-state index contributed by atoms with van der Waals surface area (Å²) in [6.45, 7) is 0. The molecule has 0 amide bonds. The summed E-state index contributed by atoms with van der Waals surface area (Å²) >= 11 is 0. The van der Waals surface area contributed by atoms with Gasteiger partial charge in [0.25, 0.3) is 0 Å². The minimum atomic E-state index is -0.578. The molecule has 0 aliphatic carbocycles. The summed E-state index contributed by atoms with van der Waals surface area (Å²) in [4.78, 5) is 12.0. The van der Waals surface area contributed by atoms with Gasteiger partial charge in [-0.15, -0.1) is 0 Å². The van der Waals surface area contributed by atoms with Crippen molar-refractivity contribution >= 4 is 11.0 Å². The van der Waals surface area contributed by atoms with Gasteiger partial charge < -0.3 is 19.7 Å². The Morgan fingerprint density at radius 1 is 0.950 bits per heavy atom. The van der Waals surface area contributed by atoms with Crippen molar-refractivity contribution in [2.75, 3.05) is 0 Å². The summed E-state index contributed by atoms with van der Waals surface area (Å²) in [6.07, 6.45) is 0. The van der Waals surface area contributed by atoms with E-state index >= 15 is 0 Å². The first-order chi connectivity index (χ1) is 9.54. The molecule has 3 aromatic rings. The monoisotopic (exact) mass is 269 g/mol. The van der Waals surface area contributed by atoms with Crippen LogP contribution in [-0.4, -0.2) is 10.2 Å². The van der Waals surface area contributed by atoms with E-state index in [1.54, 1.807) is 12.1 Å². The van der Waals surface area contributed by atoms with Crippen molar-refractivity contribution in [1.29, 1.82) is 0 Å². The maximum absolute atomic E-state index is 12.0. The molecule has 0 fully saturated rings. The molecule has 0 aliphatic rings. The molecule has 1 heterocycles. The molecule has 0 bridgehead atoms. The number of fused-ring (bicyclic) bond motifs is 1. The molecule has 20 heavy (non-hydrogen) atoms. The lowest BCUT2D eigenvalue weighted by Crippen LogP contribution is -2.04. The van der Waals surface area contributed by atoms with E-state index in [0.29, 0.717) is 5.56 Å². The van der Waals surface area contributed by atoms with Crippen LogP contribution in [0.5, 0.6) is 17.2 Å². The van der Waals surface area contributed by atoms with E-state index in [0.717, 1.165) is 6.07 Å². The van der Waals surface area contributed by atoms with Crippen molar-refractivity contribution in [1.82, 2.24) is 0 Å². The highest BCUT2D eigenvalue weighted by atomic mass is 16.3. The van der Waals surface area contributed by atoms with E-state index in [-0.39, 0.29) is 28.2 Å². The minimum Gasteiger partial charge on any atom is -0.872 e. The SMILES string of the molecule is O=c1cc(-c2ccc(O)cc2)oc2cc(O)cc([O-])c12. The van der Waals surface area contributed by atoms with Crippen LogP contribution in [0.15, 0.2) is 51.7 Å². The van der Waals surface area contributed by atoms with Crippen LogP contribution in [0.2, 0.25) is 0 Å². The molecule has 100 valence electrons. The molecule has 0 unspecified atom stereocenters. The number of phenols is 2. The van der Waals surface area contributed by atoms with Crippen molar-refractivity contribution in [3.05, 3.63) is 52.7 Å². The summed E-state index contributed by atoms with van der Waals surface area (Å²) in [6, 6.07) is 9.50. The van der Waals surface area contributed by atoms with Gasteiger partial charge in [-0.05, 0) is 30.3 Å². The zero-order valence-corrected chi connectivity index (χ0v) is 10.2. The summed E-state index contributed by atoms with van der Waals surface area (Å²) in [7, 11) is 0. The Kier molecular flexibility index (Phi) is 2.61. The van der Waals surface area contributed by atoms with Crippen LogP contribution < -0.4 is 10.5 Å². The normalized spacial score (nSPS) is 10.8. The molecule has 0 spiro atoms. The van der Waals surface area contributed by atoms with Gasteiger partial charge in [-0.3, -0.25) is 4.79 Å². The summed E-state index contributed by atoms with van der Waals surface area (Å²) in [5.74, 6) is -0.483. The third-order valence-corrected chi connectivity index (χ3v) is 2.93. The van der Waals surface area contributed by atoms with Crippen LogP contribution in [-0.2, 0) is 0 Å². The molecule has 0 atom stereocenters. The molecule has 1 aromatic heterocycles. The van der Waals surface area contributed by atoms with Gasteiger partial charge in [-0.2, -0.15) is 0 Å². The van der Waals surface area contributed by atoms with Crippen LogP contribution in [0.3, 0.4) is 0 Å². The number of benzene rings is 2. The highest BCUT2D eigenvalue weighted by Crippen LogP contribution is 2.29. The quantitative estimate of drug-likeness (QED) is 0.704. The molecule has 0 saturated carbocycles. The molecular weight excluding hydrogens is 260 g/mol. The maximum atomic E-state index is 12.0. The minimum absolute atomic E-state index is 0.0329. The zero-order valence-electron chi connectivity index (χ0n) is 10.2. The summed E-state index contributed by atoms with van der Waals surface area (Å²) < 4.78 is 5.49. The Balaban J connectivity index is 2.29. The van der Waals surface area contributed by atoms with E-state index in [9.17, 15) is 20.1 Å². The first kappa shape index (κ1) is 12.1. The van der Waals surface area contributed by atoms with Crippen molar-refractivity contribution in [2.45, 2.75) is 0 Å². The second-order valence-corrected chi connectivity index (χ2v) is 4.34. The van der Waals surface area contributed by atoms with Crippen LogP contribution in [0, 0.1) is 0 Å². The number of phenolic OH excluding ortho intramolecular Hbond substituents is 2. The molecule has 2 aromatic carbocycles. The first-order valence-corrected chi connectivity index (χ1v) is 5.82. The van der Waals surface area contributed by atoms with Gasteiger partial charge in [0.15, 0.2) is 5.43 Å². The Hall–Kier alpha value is -2.95. The molecule has 0 saturated heterocycles. The van der Waals surface area contributed by atoms with Gasteiger partial charge in [0.2, 0.25) is 0 Å². The first-order valence-electron chi connectivity index (χ1n) is 5.82. The van der Waals surface area contributed by atoms with Crippen molar-refractivity contribution in [3.8, 4) is 28.6 Å². The highest BCUT2D eigenvalue weighted by Gasteiger charge is 2.08. The molecule has 0 radical (unpaired) electrons. The molecule has 2 N–H and O–H groups in total. The second-order valence-electron chi connectivity index (χ2n) is 4.34. The van der Waals surface area contributed by atoms with Gasteiger partial charge in [-0.1, -0.05) is 5.75 Å². The van der Waals surface area contributed by atoms with E-state index < -0.39 is 11.2 Å². The van der Waals surface area contributed by atoms with Crippen LogP contribution in [0.1, 0.15) is 0 Å². The Bertz CT molecular complexity index is 847. The summed E-state index contributed by atoms with van der Waals surface area (Å²) in [5.41, 5.74) is 0.141. The lowest BCUT2D eigenvalue weighted by Gasteiger charge is -2.10. The average molecular weight is 269 g/mol. The highest BCUT2D eigenvalue weighted by molar-refractivity contribution is 5.85. The number of aromatic hydroxyl groups is 2. The Labute approximate surface area is 113 Å². The number of hydrogen-bond donors (Lipinski definition) is 2. The summed E-state index contributed by atoms with van der Waals surface area (Å²) in [5, 5.41) is 30.2. The Morgan fingerprint density at radius 3 is 2.35 bits per heavy atom. The van der Waals surface area contributed by atoms with E-state index in [1.165, 1.54) is 24.3 Å². The number of rotatable bonds is 1. The second kappa shape index (κ2) is 4.31. The maximum Gasteiger partial charge on any atom is 0.192 e. The standard InChI is InChI=1S/C15H10O5/c16-9-3-1-8(2-4-9)13-7-12(19)15-11(18)5-10(17)6-14(15)20-13/h1-7,16-18H/p-1. The third kappa shape index (κ3) is 1.95. The van der Waals surface area contributed by atoms with Crippen molar-refractivity contribution in [3.63, 3.8) is 0 Å². The van der Waals surface area contributed by atoms with E-state index in [4.69, 9.17) is 4.42 Å². The van der Waals surface area contributed by atoms with Crippen LogP contribution in [0.4, 0.5) is 0 Å². The molecule has 0 aliphatic heterocycles. The van der Waals surface area contributed by atoms with Gasteiger partial charge >= 0.3 is 0 Å². The fourth-order valence-corrected chi connectivity index (χ4v) is 2.01. The third-order valence-electron chi connectivity index (χ3n) is 2.93. The smallest absolute Gasteiger partial charge is 0.192 e. The molecule has 5 heteroatoms. The lowest BCUT2D eigenvalue weighted by molar-refractivity contribution is -0.266. The largest absolute Gasteiger partial charge is 0.872 e. The van der Waals surface area contributed by atoms with Gasteiger partial charge in [0, 0.05) is 17.7 Å². The van der Waals surface area contributed by atoms with Gasteiger partial charge in [0.05, 0.1) is 5.39 Å².